The number of amidine groups is 1. The summed E-state index contributed by atoms with van der Waals surface area (Å²) >= 11 is 2.77. The van der Waals surface area contributed by atoms with Crippen molar-refractivity contribution in [2.45, 2.75) is 17.0 Å². The molecule has 0 atom stereocenters. The van der Waals surface area contributed by atoms with Crippen LogP contribution in [-0.4, -0.2) is 20.4 Å². The van der Waals surface area contributed by atoms with Gasteiger partial charge in [0.25, 0.3) is 0 Å². The van der Waals surface area contributed by atoms with E-state index in [2.05, 4.69) is 14.5 Å². The van der Waals surface area contributed by atoms with Crippen LogP contribution in [0.1, 0.15) is 17.0 Å². The van der Waals surface area contributed by atoms with Crippen LogP contribution in [0.25, 0.3) is 0 Å². The van der Waals surface area contributed by atoms with Gasteiger partial charge in [0, 0.05) is 11.3 Å². The van der Waals surface area contributed by atoms with Crippen molar-refractivity contribution >= 4 is 29.1 Å². The normalized spacial score (nSPS) is 11.8. The first-order chi connectivity index (χ1) is 9.08. The Kier molecular flexibility index (Phi) is 4.33. The van der Waals surface area contributed by atoms with E-state index in [4.69, 9.17) is 10.9 Å². The van der Waals surface area contributed by atoms with E-state index in [9.17, 15) is 4.39 Å². The SMILES string of the molecule is Cc1nsc(SCc2cc(F)cc(/C(N)=N/O)c2)n1. The Morgan fingerprint density at radius 1 is 1.53 bits per heavy atom. The fraction of sp³-hybridized carbons (Fsp3) is 0.182. The molecule has 8 heteroatoms. The number of hydrogen-bond donors (Lipinski definition) is 2. The van der Waals surface area contributed by atoms with Gasteiger partial charge in [-0.05, 0) is 42.2 Å². The number of oxime groups is 1. The number of halogens is 1. The molecule has 2 aromatic rings. The van der Waals surface area contributed by atoms with Crippen LogP contribution in [0.15, 0.2) is 27.7 Å². The van der Waals surface area contributed by atoms with Crippen molar-refractivity contribution in [1.29, 1.82) is 0 Å². The standard InChI is InChI=1S/C11H11FN4OS2/c1-6-14-11(19-16-6)18-5-7-2-8(10(13)15-17)4-9(12)3-7/h2-4,17H,5H2,1H3,(H2,13,15). The highest BCUT2D eigenvalue weighted by Crippen LogP contribution is 2.25. The number of nitrogens with two attached hydrogens (primary N) is 1. The van der Waals surface area contributed by atoms with Gasteiger partial charge >= 0.3 is 0 Å². The number of hydrogen-bond acceptors (Lipinski definition) is 6. The van der Waals surface area contributed by atoms with Crippen molar-refractivity contribution in [2.75, 3.05) is 0 Å². The molecule has 0 fully saturated rings. The zero-order chi connectivity index (χ0) is 13.8. The molecule has 1 aromatic carbocycles. The maximum Gasteiger partial charge on any atom is 0.170 e. The largest absolute Gasteiger partial charge is 0.409 e. The third-order valence-corrected chi connectivity index (χ3v) is 4.23. The van der Waals surface area contributed by atoms with E-state index in [1.807, 2.05) is 6.92 Å². The van der Waals surface area contributed by atoms with Gasteiger partial charge in [-0.25, -0.2) is 9.37 Å². The highest BCUT2D eigenvalue weighted by atomic mass is 32.2. The Morgan fingerprint density at radius 3 is 2.95 bits per heavy atom. The lowest BCUT2D eigenvalue weighted by molar-refractivity contribution is 0.318. The minimum absolute atomic E-state index is 0.113. The molecule has 0 saturated heterocycles. The summed E-state index contributed by atoms with van der Waals surface area (Å²) in [5.74, 6) is 0.729. The Balaban J connectivity index is 2.14. The summed E-state index contributed by atoms with van der Waals surface area (Å²) in [7, 11) is 0. The average molecular weight is 298 g/mol. The molecule has 5 nitrogen and oxygen atoms in total. The molecule has 0 aliphatic heterocycles. The Labute approximate surface area is 117 Å². The molecule has 0 spiro atoms. The molecule has 19 heavy (non-hydrogen) atoms. The Bertz CT molecular complexity index is 614. The van der Waals surface area contributed by atoms with Gasteiger partial charge < -0.3 is 10.9 Å². The van der Waals surface area contributed by atoms with Crippen molar-refractivity contribution in [3.8, 4) is 0 Å². The smallest absolute Gasteiger partial charge is 0.170 e. The lowest BCUT2D eigenvalue weighted by Crippen LogP contribution is -2.13. The van der Waals surface area contributed by atoms with E-state index < -0.39 is 5.82 Å². The van der Waals surface area contributed by atoms with Crippen molar-refractivity contribution < 1.29 is 9.60 Å². The van der Waals surface area contributed by atoms with Crippen LogP contribution in [0, 0.1) is 12.7 Å². The zero-order valence-electron chi connectivity index (χ0n) is 10.00. The van der Waals surface area contributed by atoms with Crippen molar-refractivity contribution in [2.24, 2.45) is 10.9 Å². The molecule has 1 aromatic heterocycles. The minimum atomic E-state index is -0.423. The van der Waals surface area contributed by atoms with Gasteiger partial charge in [0.15, 0.2) is 10.2 Å². The first kappa shape index (κ1) is 13.8. The van der Waals surface area contributed by atoms with Gasteiger partial charge in [0.05, 0.1) is 0 Å². The highest BCUT2D eigenvalue weighted by Gasteiger charge is 2.07. The highest BCUT2D eigenvalue weighted by molar-refractivity contribution is 8.00. The van der Waals surface area contributed by atoms with Crippen molar-refractivity contribution in [3.63, 3.8) is 0 Å². The number of nitrogens with zero attached hydrogens (tertiary/aromatic N) is 3. The lowest BCUT2D eigenvalue weighted by Gasteiger charge is -2.04. The topological polar surface area (TPSA) is 84.4 Å². The van der Waals surface area contributed by atoms with Gasteiger partial charge in [-0.15, -0.1) is 0 Å². The fourth-order valence-electron chi connectivity index (χ4n) is 1.42. The lowest BCUT2D eigenvalue weighted by atomic mass is 10.1. The molecule has 0 bridgehead atoms. The van der Waals surface area contributed by atoms with E-state index in [1.54, 1.807) is 6.07 Å². The Hall–Kier alpha value is -1.67. The second-order valence-corrected chi connectivity index (χ2v) is 5.70. The van der Waals surface area contributed by atoms with Crippen LogP contribution in [0.3, 0.4) is 0 Å². The van der Waals surface area contributed by atoms with Gasteiger partial charge in [0.2, 0.25) is 0 Å². The first-order valence-electron chi connectivity index (χ1n) is 5.29. The number of thioether (sulfide) groups is 1. The van der Waals surface area contributed by atoms with Crippen molar-refractivity contribution in [1.82, 2.24) is 9.36 Å². The Morgan fingerprint density at radius 2 is 2.32 bits per heavy atom. The summed E-state index contributed by atoms with van der Waals surface area (Å²) in [5.41, 5.74) is 6.54. The summed E-state index contributed by atoms with van der Waals surface area (Å²) in [6, 6.07) is 4.31. The van der Waals surface area contributed by atoms with Gasteiger partial charge in [0.1, 0.15) is 11.6 Å². The van der Waals surface area contributed by atoms with Gasteiger partial charge in [-0.3, -0.25) is 0 Å². The third-order valence-electron chi connectivity index (χ3n) is 2.23. The predicted molar refractivity (Wildman–Crippen MR) is 73.1 cm³/mol. The van der Waals surface area contributed by atoms with E-state index in [0.29, 0.717) is 11.3 Å². The molecule has 2 rings (SSSR count). The summed E-state index contributed by atoms with van der Waals surface area (Å²) in [4.78, 5) is 4.21. The monoisotopic (exact) mass is 298 g/mol. The maximum atomic E-state index is 13.4. The van der Waals surface area contributed by atoms with Gasteiger partial charge in [-0.1, -0.05) is 16.9 Å². The molecule has 1 heterocycles. The zero-order valence-corrected chi connectivity index (χ0v) is 11.6. The summed E-state index contributed by atoms with van der Waals surface area (Å²) < 4.78 is 18.3. The quantitative estimate of drug-likeness (QED) is 0.298. The number of rotatable bonds is 4. The molecule has 0 amide bonds. The van der Waals surface area contributed by atoms with E-state index in [0.717, 1.165) is 15.7 Å². The summed E-state index contributed by atoms with van der Waals surface area (Å²) in [6.45, 7) is 1.82. The predicted octanol–water partition coefficient (Wildman–Crippen LogP) is 2.37. The number of aryl methyl sites for hydroxylation is 1. The molecule has 3 N–H and O–H groups in total. The van der Waals surface area contributed by atoms with Crippen molar-refractivity contribution in [3.05, 3.63) is 41.0 Å². The second-order valence-electron chi connectivity index (χ2n) is 3.73. The molecule has 0 aliphatic carbocycles. The van der Waals surface area contributed by atoms with E-state index in [1.165, 1.54) is 35.4 Å². The fourth-order valence-corrected chi connectivity index (χ4v) is 3.00. The third kappa shape index (κ3) is 3.65. The average Bonchev–Trinajstić information content (AvgIpc) is 2.80. The molecule has 0 aliphatic rings. The second kappa shape index (κ2) is 5.98. The van der Waals surface area contributed by atoms with E-state index in [-0.39, 0.29) is 5.84 Å². The summed E-state index contributed by atoms with van der Waals surface area (Å²) in [6.07, 6.45) is 0. The molecule has 0 radical (unpaired) electrons. The van der Waals surface area contributed by atoms with Gasteiger partial charge in [-0.2, -0.15) is 4.37 Å². The van der Waals surface area contributed by atoms with Crippen LogP contribution in [0.2, 0.25) is 0 Å². The molecular weight excluding hydrogens is 287 g/mol. The van der Waals surface area contributed by atoms with Crippen LogP contribution in [0.5, 0.6) is 0 Å². The van der Waals surface area contributed by atoms with Crippen LogP contribution in [-0.2, 0) is 5.75 Å². The van der Waals surface area contributed by atoms with Crippen LogP contribution in [0.4, 0.5) is 4.39 Å². The van der Waals surface area contributed by atoms with E-state index >= 15 is 0 Å². The number of benzene rings is 1. The molecule has 0 saturated carbocycles. The number of aromatic nitrogens is 2. The molecule has 0 unspecified atom stereocenters. The maximum absolute atomic E-state index is 13.4. The molecule has 100 valence electrons. The summed E-state index contributed by atoms with van der Waals surface area (Å²) in [5, 5.41) is 11.5. The minimum Gasteiger partial charge on any atom is -0.409 e. The first-order valence-corrected chi connectivity index (χ1v) is 7.05. The molecular formula is C11H11FN4OS2. The van der Waals surface area contributed by atoms with Crippen LogP contribution >= 0.6 is 23.3 Å². The van der Waals surface area contributed by atoms with Crippen LogP contribution < -0.4 is 5.73 Å².